The fraction of sp³-hybridized carbons (Fsp3) is 0.0741. The highest BCUT2D eigenvalue weighted by molar-refractivity contribution is 6.04. The first-order chi connectivity index (χ1) is 15.9. The van der Waals surface area contributed by atoms with Crippen molar-refractivity contribution in [1.29, 1.82) is 0 Å². The summed E-state index contributed by atoms with van der Waals surface area (Å²) in [6.07, 6.45) is 3.52. The van der Waals surface area contributed by atoms with Crippen LogP contribution >= 0.6 is 0 Å². The molecule has 0 spiro atoms. The van der Waals surface area contributed by atoms with Gasteiger partial charge in [-0.1, -0.05) is 54.6 Å². The number of carbonyl (C=O) groups excluding carboxylic acids is 2. The maximum absolute atomic E-state index is 12.9. The molecular weight excluding hydrogens is 414 g/mol. The highest BCUT2D eigenvalue weighted by Crippen LogP contribution is 2.11. The minimum absolute atomic E-state index is 0.0655. The van der Waals surface area contributed by atoms with Crippen molar-refractivity contribution >= 4 is 23.6 Å². The molecule has 2 amide bonds. The summed E-state index contributed by atoms with van der Waals surface area (Å²) in [5, 5.41) is 16.3. The van der Waals surface area contributed by atoms with Crippen molar-refractivity contribution in [1.82, 2.24) is 10.7 Å². The Labute approximate surface area is 193 Å². The van der Waals surface area contributed by atoms with E-state index in [4.69, 9.17) is 0 Å². The second-order valence-electron chi connectivity index (χ2n) is 7.36. The molecule has 33 heavy (non-hydrogen) atoms. The van der Waals surface area contributed by atoms with Crippen molar-refractivity contribution < 1.29 is 14.7 Å². The molecule has 6 nitrogen and oxygen atoms in total. The van der Waals surface area contributed by atoms with Gasteiger partial charge < -0.3 is 10.4 Å². The highest BCUT2D eigenvalue weighted by atomic mass is 16.3. The van der Waals surface area contributed by atoms with Gasteiger partial charge in [0.05, 0.1) is 5.71 Å². The van der Waals surface area contributed by atoms with Crippen LogP contribution in [0.25, 0.3) is 6.08 Å². The first kappa shape index (κ1) is 23.2. The summed E-state index contributed by atoms with van der Waals surface area (Å²) < 4.78 is 0. The number of allylic oxidation sites excluding steroid dienone is 2. The Bertz CT molecular complexity index is 1200. The van der Waals surface area contributed by atoms with Crippen molar-refractivity contribution in [2.45, 2.75) is 13.8 Å². The van der Waals surface area contributed by atoms with Crippen LogP contribution in [-0.4, -0.2) is 22.6 Å². The van der Waals surface area contributed by atoms with Crippen LogP contribution in [0.15, 0.2) is 107 Å². The third-order valence-electron chi connectivity index (χ3n) is 4.70. The summed E-state index contributed by atoms with van der Waals surface area (Å²) in [6.45, 7) is 3.58. The monoisotopic (exact) mass is 439 g/mol. The Kier molecular flexibility index (Phi) is 7.91. The number of rotatable bonds is 7. The molecule has 0 saturated carbocycles. The summed E-state index contributed by atoms with van der Waals surface area (Å²) >= 11 is 0. The van der Waals surface area contributed by atoms with E-state index in [1.165, 1.54) is 0 Å². The van der Waals surface area contributed by atoms with Gasteiger partial charge in [-0.2, -0.15) is 5.10 Å². The molecule has 166 valence electrons. The molecular formula is C27H25N3O3. The van der Waals surface area contributed by atoms with Gasteiger partial charge in [-0.15, -0.1) is 0 Å². The Morgan fingerprint density at radius 1 is 0.818 bits per heavy atom. The predicted octanol–water partition coefficient (Wildman–Crippen LogP) is 4.65. The van der Waals surface area contributed by atoms with Crippen molar-refractivity contribution in [2.24, 2.45) is 5.10 Å². The van der Waals surface area contributed by atoms with Gasteiger partial charge in [0.1, 0.15) is 11.4 Å². The van der Waals surface area contributed by atoms with Crippen LogP contribution in [0.5, 0.6) is 5.75 Å². The van der Waals surface area contributed by atoms with Gasteiger partial charge in [-0.25, -0.2) is 5.43 Å². The topological polar surface area (TPSA) is 90.8 Å². The molecule has 0 saturated heterocycles. The Morgan fingerprint density at radius 2 is 1.42 bits per heavy atom. The van der Waals surface area contributed by atoms with E-state index in [1.54, 1.807) is 61.5 Å². The number of phenols is 1. The van der Waals surface area contributed by atoms with E-state index in [9.17, 15) is 14.7 Å². The number of hydrogen-bond acceptors (Lipinski definition) is 4. The lowest BCUT2D eigenvalue weighted by Gasteiger charge is -2.10. The Balaban J connectivity index is 1.84. The second-order valence-corrected chi connectivity index (χ2v) is 7.36. The van der Waals surface area contributed by atoms with Gasteiger partial charge in [0.25, 0.3) is 11.8 Å². The predicted molar refractivity (Wildman–Crippen MR) is 131 cm³/mol. The van der Waals surface area contributed by atoms with E-state index >= 15 is 0 Å². The molecule has 0 radical (unpaired) electrons. The minimum atomic E-state index is -0.557. The fourth-order valence-electron chi connectivity index (χ4n) is 2.99. The smallest absolute Gasteiger partial charge is 0.287 e. The van der Waals surface area contributed by atoms with Crippen molar-refractivity contribution in [3.63, 3.8) is 0 Å². The highest BCUT2D eigenvalue weighted by Gasteiger charge is 2.14. The van der Waals surface area contributed by atoms with Crippen LogP contribution in [0, 0.1) is 0 Å². The number of nitrogens with zero attached hydrogens (tertiary/aromatic N) is 1. The fourth-order valence-corrected chi connectivity index (χ4v) is 2.99. The van der Waals surface area contributed by atoms with Crippen LogP contribution in [-0.2, 0) is 4.79 Å². The summed E-state index contributed by atoms with van der Waals surface area (Å²) in [5.41, 5.74) is 6.04. The molecule has 6 heteroatoms. The van der Waals surface area contributed by atoms with E-state index in [-0.39, 0.29) is 11.4 Å². The molecule has 0 aliphatic carbocycles. The molecule has 0 aromatic heterocycles. The standard InChI is InChI=1S/C27H25N3O3/c1-19(17-21-9-5-3-6-10-21)18-25(28-26(32)23-11-7-4-8-12-23)27(33)30-29-20(2)22-13-15-24(31)16-14-22/h3-18,31H,1-2H3,(H,28,32)(H,30,33)/b19-17-,25-18+,29-20-. The first-order valence-electron chi connectivity index (χ1n) is 10.4. The zero-order chi connectivity index (χ0) is 23.6. The normalized spacial score (nSPS) is 12.2. The molecule has 0 unspecified atom stereocenters. The van der Waals surface area contributed by atoms with Gasteiger partial charge in [0, 0.05) is 5.56 Å². The zero-order valence-electron chi connectivity index (χ0n) is 18.4. The Morgan fingerprint density at radius 3 is 2.06 bits per heavy atom. The number of aromatic hydroxyl groups is 1. The zero-order valence-corrected chi connectivity index (χ0v) is 18.4. The van der Waals surface area contributed by atoms with E-state index in [1.807, 2.05) is 49.4 Å². The molecule has 0 aliphatic heterocycles. The van der Waals surface area contributed by atoms with Crippen molar-refractivity contribution in [3.05, 3.63) is 119 Å². The summed E-state index contributed by atoms with van der Waals surface area (Å²) in [7, 11) is 0. The molecule has 3 aromatic carbocycles. The number of phenolic OH excluding ortho intramolecular Hbond substituents is 1. The number of hydrogen-bond donors (Lipinski definition) is 3. The lowest BCUT2D eigenvalue weighted by Crippen LogP contribution is -2.33. The minimum Gasteiger partial charge on any atom is -0.508 e. The van der Waals surface area contributed by atoms with E-state index in [2.05, 4.69) is 15.8 Å². The van der Waals surface area contributed by atoms with E-state index in [0.717, 1.165) is 16.7 Å². The van der Waals surface area contributed by atoms with Crippen LogP contribution < -0.4 is 10.7 Å². The number of benzene rings is 3. The largest absolute Gasteiger partial charge is 0.508 e. The summed E-state index contributed by atoms with van der Waals surface area (Å²) in [6, 6.07) is 24.8. The summed E-state index contributed by atoms with van der Waals surface area (Å²) in [4.78, 5) is 25.6. The molecule has 0 atom stereocenters. The molecule has 0 aliphatic rings. The van der Waals surface area contributed by atoms with Gasteiger partial charge in [0.2, 0.25) is 0 Å². The molecule has 0 bridgehead atoms. The maximum atomic E-state index is 12.9. The van der Waals surface area contributed by atoms with Crippen LogP contribution in [0.4, 0.5) is 0 Å². The van der Waals surface area contributed by atoms with Gasteiger partial charge in [-0.3, -0.25) is 9.59 Å². The Hall–Kier alpha value is -4.45. The van der Waals surface area contributed by atoms with Gasteiger partial charge in [-0.05, 0) is 73.0 Å². The third kappa shape index (κ3) is 7.04. The number of hydrazone groups is 1. The van der Waals surface area contributed by atoms with Crippen molar-refractivity contribution in [2.75, 3.05) is 0 Å². The molecule has 3 aromatic rings. The lowest BCUT2D eigenvalue weighted by molar-refractivity contribution is -0.117. The molecule has 0 fully saturated rings. The third-order valence-corrected chi connectivity index (χ3v) is 4.70. The van der Waals surface area contributed by atoms with Crippen LogP contribution in [0.3, 0.4) is 0 Å². The molecule has 3 N–H and O–H groups in total. The maximum Gasteiger partial charge on any atom is 0.287 e. The average molecular weight is 440 g/mol. The van der Waals surface area contributed by atoms with Gasteiger partial charge >= 0.3 is 0 Å². The SMILES string of the molecule is CC(=C/c1ccccc1)/C=C(/NC(=O)c1ccccc1)C(=O)N/N=C(/C)c1ccc(O)cc1. The molecule has 3 rings (SSSR count). The quantitative estimate of drug-likeness (QED) is 0.217. The second kappa shape index (κ2) is 11.2. The molecule has 0 heterocycles. The first-order valence-corrected chi connectivity index (χ1v) is 10.4. The van der Waals surface area contributed by atoms with Crippen LogP contribution in [0.2, 0.25) is 0 Å². The number of amides is 2. The summed E-state index contributed by atoms with van der Waals surface area (Å²) in [5.74, 6) is -0.813. The van der Waals surface area contributed by atoms with E-state index < -0.39 is 11.8 Å². The lowest BCUT2D eigenvalue weighted by atomic mass is 10.1. The number of nitrogens with one attached hydrogen (secondary N) is 2. The number of carbonyl (C=O) groups is 2. The van der Waals surface area contributed by atoms with Crippen LogP contribution in [0.1, 0.15) is 35.3 Å². The van der Waals surface area contributed by atoms with Crippen molar-refractivity contribution in [3.8, 4) is 5.75 Å². The van der Waals surface area contributed by atoms with Gasteiger partial charge in [0.15, 0.2) is 0 Å². The average Bonchev–Trinajstić information content (AvgIpc) is 2.83. The van der Waals surface area contributed by atoms with E-state index in [0.29, 0.717) is 11.3 Å².